The molecule has 0 spiro atoms. The molecule has 3 heteroatoms. The minimum Gasteiger partial charge on any atom is -0.395 e. The van der Waals surface area contributed by atoms with E-state index in [1.165, 1.54) is 5.56 Å². The van der Waals surface area contributed by atoms with Crippen molar-refractivity contribution in [3.05, 3.63) is 35.9 Å². The second kappa shape index (κ2) is 6.74. The van der Waals surface area contributed by atoms with Gasteiger partial charge in [0.2, 0.25) is 0 Å². The van der Waals surface area contributed by atoms with E-state index < -0.39 is 0 Å². The Labute approximate surface area is 103 Å². The van der Waals surface area contributed by atoms with Crippen LogP contribution in [0.1, 0.15) is 18.4 Å². The molecule has 2 atom stereocenters. The average Bonchev–Trinajstić information content (AvgIpc) is 2.40. The maximum absolute atomic E-state index is 9.41. The van der Waals surface area contributed by atoms with Crippen molar-refractivity contribution in [3.8, 4) is 0 Å². The van der Waals surface area contributed by atoms with Gasteiger partial charge >= 0.3 is 0 Å². The van der Waals surface area contributed by atoms with E-state index in [1.54, 1.807) is 0 Å². The maximum atomic E-state index is 9.41. The van der Waals surface area contributed by atoms with Crippen LogP contribution in [0.4, 0.5) is 0 Å². The highest BCUT2D eigenvalue weighted by atomic mass is 16.5. The van der Waals surface area contributed by atoms with E-state index in [1.807, 2.05) is 18.2 Å². The fourth-order valence-corrected chi connectivity index (χ4v) is 2.28. The lowest BCUT2D eigenvalue weighted by molar-refractivity contribution is 0.0624. The van der Waals surface area contributed by atoms with Crippen molar-refractivity contribution in [2.45, 2.75) is 31.3 Å². The first kappa shape index (κ1) is 12.6. The van der Waals surface area contributed by atoms with Crippen LogP contribution in [0.15, 0.2) is 30.3 Å². The van der Waals surface area contributed by atoms with Crippen LogP contribution in [0, 0.1) is 0 Å². The summed E-state index contributed by atoms with van der Waals surface area (Å²) in [6, 6.07) is 10.8. The molecule has 1 aliphatic heterocycles. The molecule has 0 aliphatic carbocycles. The molecule has 1 aromatic carbocycles. The Morgan fingerprint density at radius 3 is 2.82 bits per heavy atom. The standard InChI is InChI=1S/C14H21NO2/c16-10-14(9-12-5-2-1-3-6-12)15-13-7-4-8-17-11-13/h1-3,5-6,13-16H,4,7-11H2. The molecule has 94 valence electrons. The largest absolute Gasteiger partial charge is 0.395 e. The van der Waals surface area contributed by atoms with E-state index in [-0.39, 0.29) is 12.6 Å². The minimum absolute atomic E-state index is 0.129. The highest BCUT2D eigenvalue weighted by molar-refractivity contribution is 5.15. The third kappa shape index (κ3) is 4.11. The second-order valence-electron chi connectivity index (χ2n) is 4.65. The van der Waals surface area contributed by atoms with Crippen LogP contribution in [0.5, 0.6) is 0 Å². The minimum atomic E-state index is 0.129. The van der Waals surface area contributed by atoms with E-state index in [0.717, 1.165) is 32.5 Å². The number of nitrogens with one attached hydrogen (secondary N) is 1. The van der Waals surface area contributed by atoms with Gasteiger partial charge in [-0.1, -0.05) is 30.3 Å². The van der Waals surface area contributed by atoms with Crippen molar-refractivity contribution in [2.75, 3.05) is 19.8 Å². The Kier molecular flexibility index (Phi) is 4.98. The van der Waals surface area contributed by atoms with Gasteiger partial charge in [-0.25, -0.2) is 0 Å². The summed E-state index contributed by atoms with van der Waals surface area (Å²) in [5.41, 5.74) is 1.26. The number of aliphatic hydroxyl groups excluding tert-OH is 1. The Morgan fingerprint density at radius 1 is 1.35 bits per heavy atom. The van der Waals surface area contributed by atoms with Crippen LogP contribution in [0.25, 0.3) is 0 Å². The molecule has 1 saturated heterocycles. The summed E-state index contributed by atoms with van der Waals surface area (Å²) >= 11 is 0. The summed E-state index contributed by atoms with van der Waals surface area (Å²) in [4.78, 5) is 0. The quantitative estimate of drug-likeness (QED) is 0.809. The van der Waals surface area contributed by atoms with Gasteiger partial charge in [-0.05, 0) is 24.8 Å². The summed E-state index contributed by atoms with van der Waals surface area (Å²) in [7, 11) is 0. The number of hydrogen-bond donors (Lipinski definition) is 2. The van der Waals surface area contributed by atoms with Gasteiger partial charge in [0.1, 0.15) is 0 Å². The second-order valence-corrected chi connectivity index (χ2v) is 4.65. The van der Waals surface area contributed by atoms with Crippen LogP contribution in [0.3, 0.4) is 0 Å². The molecular formula is C14H21NO2. The molecule has 3 nitrogen and oxygen atoms in total. The van der Waals surface area contributed by atoms with Crippen LogP contribution >= 0.6 is 0 Å². The normalized spacial score (nSPS) is 22.3. The Balaban J connectivity index is 1.83. The van der Waals surface area contributed by atoms with Gasteiger partial charge in [-0.15, -0.1) is 0 Å². The first-order valence-electron chi connectivity index (χ1n) is 6.37. The Bertz CT molecular complexity index is 309. The number of benzene rings is 1. The van der Waals surface area contributed by atoms with Gasteiger partial charge < -0.3 is 15.2 Å². The molecule has 0 aromatic heterocycles. The van der Waals surface area contributed by atoms with Crippen molar-refractivity contribution >= 4 is 0 Å². The first-order chi connectivity index (χ1) is 8.38. The maximum Gasteiger partial charge on any atom is 0.0619 e. The van der Waals surface area contributed by atoms with Gasteiger partial charge in [-0.3, -0.25) is 0 Å². The smallest absolute Gasteiger partial charge is 0.0619 e. The molecule has 1 fully saturated rings. The van der Waals surface area contributed by atoms with Gasteiger partial charge in [0.15, 0.2) is 0 Å². The summed E-state index contributed by atoms with van der Waals surface area (Å²) in [5, 5.41) is 12.9. The zero-order chi connectivity index (χ0) is 11.9. The first-order valence-corrected chi connectivity index (χ1v) is 6.37. The predicted molar refractivity (Wildman–Crippen MR) is 68.0 cm³/mol. The van der Waals surface area contributed by atoms with E-state index in [0.29, 0.717) is 6.04 Å². The van der Waals surface area contributed by atoms with Gasteiger partial charge in [0.25, 0.3) is 0 Å². The lowest BCUT2D eigenvalue weighted by Crippen LogP contribution is -2.45. The van der Waals surface area contributed by atoms with E-state index >= 15 is 0 Å². The van der Waals surface area contributed by atoms with Gasteiger partial charge in [0, 0.05) is 18.7 Å². The molecule has 1 aliphatic rings. The zero-order valence-electron chi connectivity index (χ0n) is 10.1. The fraction of sp³-hybridized carbons (Fsp3) is 0.571. The highest BCUT2D eigenvalue weighted by Gasteiger charge is 2.17. The summed E-state index contributed by atoms with van der Waals surface area (Å²) < 4.78 is 5.43. The third-order valence-electron chi connectivity index (χ3n) is 3.18. The molecule has 0 saturated carbocycles. The Morgan fingerprint density at radius 2 is 2.18 bits per heavy atom. The van der Waals surface area contributed by atoms with Crippen molar-refractivity contribution in [1.82, 2.24) is 5.32 Å². The van der Waals surface area contributed by atoms with Crippen molar-refractivity contribution < 1.29 is 9.84 Å². The van der Waals surface area contributed by atoms with Crippen molar-refractivity contribution in [1.29, 1.82) is 0 Å². The number of rotatable bonds is 5. The zero-order valence-corrected chi connectivity index (χ0v) is 10.1. The van der Waals surface area contributed by atoms with Crippen LogP contribution in [0.2, 0.25) is 0 Å². The Hall–Kier alpha value is -0.900. The molecule has 17 heavy (non-hydrogen) atoms. The molecule has 1 aromatic rings. The monoisotopic (exact) mass is 235 g/mol. The van der Waals surface area contributed by atoms with Crippen molar-refractivity contribution in [2.24, 2.45) is 0 Å². The van der Waals surface area contributed by atoms with Crippen LogP contribution in [-0.4, -0.2) is 37.0 Å². The van der Waals surface area contributed by atoms with Gasteiger partial charge in [0.05, 0.1) is 13.2 Å². The molecule has 2 unspecified atom stereocenters. The number of aliphatic hydroxyl groups is 1. The molecule has 2 rings (SSSR count). The molecular weight excluding hydrogens is 214 g/mol. The molecule has 0 amide bonds. The molecule has 0 radical (unpaired) electrons. The molecule has 2 N–H and O–H groups in total. The topological polar surface area (TPSA) is 41.5 Å². The van der Waals surface area contributed by atoms with Gasteiger partial charge in [-0.2, -0.15) is 0 Å². The lowest BCUT2D eigenvalue weighted by atomic mass is 10.0. The van der Waals surface area contributed by atoms with Crippen LogP contribution < -0.4 is 5.32 Å². The third-order valence-corrected chi connectivity index (χ3v) is 3.18. The number of ether oxygens (including phenoxy) is 1. The van der Waals surface area contributed by atoms with E-state index in [2.05, 4.69) is 17.4 Å². The van der Waals surface area contributed by atoms with E-state index in [9.17, 15) is 5.11 Å². The highest BCUT2D eigenvalue weighted by Crippen LogP contribution is 2.09. The van der Waals surface area contributed by atoms with Crippen molar-refractivity contribution in [3.63, 3.8) is 0 Å². The summed E-state index contributed by atoms with van der Waals surface area (Å²) in [6.07, 6.45) is 3.13. The number of hydrogen-bond acceptors (Lipinski definition) is 3. The SMILES string of the molecule is OCC(Cc1ccccc1)NC1CCCOC1. The molecule has 0 bridgehead atoms. The van der Waals surface area contributed by atoms with E-state index in [4.69, 9.17) is 4.74 Å². The predicted octanol–water partition coefficient (Wildman–Crippen LogP) is 1.36. The van der Waals surface area contributed by atoms with Crippen LogP contribution in [-0.2, 0) is 11.2 Å². The average molecular weight is 235 g/mol. The summed E-state index contributed by atoms with van der Waals surface area (Å²) in [6.45, 7) is 1.82. The summed E-state index contributed by atoms with van der Waals surface area (Å²) in [5.74, 6) is 0. The molecule has 1 heterocycles. The fourth-order valence-electron chi connectivity index (χ4n) is 2.28. The lowest BCUT2D eigenvalue weighted by Gasteiger charge is -2.27.